The van der Waals surface area contributed by atoms with Crippen LogP contribution in [0.3, 0.4) is 0 Å². The van der Waals surface area contributed by atoms with Crippen molar-refractivity contribution in [3.63, 3.8) is 0 Å². The van der Waals surface area contributed by atoms with Crippen molar-refractivity contribution in [2.75, 3.05) is 20.3 Å². The normalized spacial score (nSPS) is 10.8. The topological polar surface area (TPSA) is 34.1 Å². The Morgan fingerprint density at radius 3 is 2.95 bits per heavy atom. The number of methoxy groups -OCH3 is 1. The zero-order valence-electron chi connectivity index (χ0n) is 11.6. The van der Waals surface area contributed by atoms with E-state index in [1.54, 1.807) is 25.1 Å². The second-order valence-electron chi connectivity index (χ2n) is 4.29. The number of ether oxygens (including phenoxy) is 1. The first-order valence-electron chi connectivity index (χ1n) is 6.47. The Labute approximate surface area is 142 Å². The van der Waals surface area contributed by atoms with E-state index in [1.807, 2.05) is 24.3 Å². The van der Waals surface area contributed by atoms with E-state index in [9.17, 15) is 0 Å². The number of hydrogen-bond acceptors (Lipinski definition) is 4. The van der Waals surface area contributed by atoms with Gasteiger partial charge in [-0.2, -0.15) is 0 Å². The first-order valence-corrected chi connectivity index (χ1v) is 8.46. The number of nitrogens with one attached hydrogen (secondary N) is 1. The third-order valence-electron chi connectivity index (χ3n) is 2.77. The van der Waals surface area contributed by atoms with E-state index >= 15 is 0 Å². The predicted octanol–water partition coefficient (Wildman–Crippen LogP) is 4.38. The van der Waals surface area contributed by atoms with Crippen molar-refractivity contribution in [2.45, 2.75) is 16.5 Å². The zero-order chi connectivity index (χ0) is 15.1. The molecule has 0 saturated carbocycles. The van der Waals surface area contributed by atoms with Gasteiger partial charge in [0, 0.05) is 31.3 Å². The Morgan fingerprint density at radius 1 is 1.33 bits per heavy atom. The van der Waals surface area contributed by atoms with E-state index in [4.69, 9.17) is 16.3 Å². The first kappa shape index (κ1) is 16.8. The fourth-order valence-corrected chi connectivity index (χ4v) is 3.46. The standard InChI is InChI=1S/C15H16BrClN2OS/c1-20-9-8-18-10-11-4-2-6-13(17)14(11)21-15-12(16)5-3-7-19-15/h2-7,18H,8-10H2,1H3. The molecule has 0 atom stereocenters. The van der Waals surface area contributed by atoms with Gasteiger partial charge in [-0.25, -0.2) is 4.98 Å². The molecule has 0 bridgehead atoms. The molecule has 0 amide bonds. The molecular weight excluding hydrogens is 372 g/mol. The SMILES string of the molecule is COCCNCc1cccc(Cl)c1Sc1ncccc1Br. The molecule has 112 valence electrons. The van der Waals surface area contributed by atoms with Crippen molar-refractivity contribution in [1.29, 1.82) is 0 Å². The van der Waals surface area contributed by atoms with Gasteiger partial charge in [0.1, 0.15) is 5.03 Å². The molecule has 2 rings (SSSR count). The highest BCUT2D eigenvalue weighted by Gasteiger charge is 2.11. The van der Waals surface area contributed by atoms with Crippen molar-refractivity contribution >= 4 is 39.3 Å². The summed E-state index contributed by atoms with van der Waals surface area (Å²) in [5, 5.41) is 4.99. The van der Waals surface area contributed by atoms with Crippen LogP contribution in [0.1, 0.15) is 5.56 Å². The lowest BCUT2D eigenvalue weighted by Gasteiger charge is -2.12. The molecule has 0 aliphatic heterocycles. The van der Waals surface area contributed by atoms with Crippen LogP contribution in [0.2, 0.25) is 5.02 Å². The van der Waals surface area contributed by atoms with E-state index in [-0.39, 0.29) is 0 Å². The molecule has 0 spiro atoms. The Bertz CT molecular complexity index is 598. The van der Waals surface area contributed by atoms with Crippen LogP contribution in [0.4, 0.5) is 0 Å². The fraction of sp³-hybridized carbons (Fsp3) is 0.267. The predicted molar refractivity (Wildman–Crippen MR) is 91.1 cm³/mol. The van der Waals surface area contributed by atoms with Gasteiger partial charge in [0.05, 0.1) is 16.1 Å². The second kappa shape index (κ2) is 8.76. The highest BCUT2D eigenvalue weighted by atomic mass is 79.9. The number of benzene rings is 1. The summed E-state index contributed by atoms with van der Waals surface area (Å²) in [5.41, 5.74) is 1.15. The van der Waals surface area contributed by atoms with Crippen molar-refractivity contribution in [3.8, 4) is 0 Å². The highest BCUT2D eigenvalue weighted by molar-refractivity contribution is 9.10. The van der Waals surface area contributed by atoms with Gasteiger partial charge in [0.2, 0.25) is 0 Å². The molecule has 0 saturated heterocycles. The van der Waals surface area contributed by atoms with Crippen molar-refractivity contribution in [1.82, 2.24) is 10.3 Å². The number of rotatable bonds is 7. The summed E-state index contributed by atoms with van der Waals surface area (Å²) in [5.74, 6) is 0. The van der Waals surface area contributed by atoms with Crippen LogP contribution in [0.5, 0.6) is 0 Å². The maximum absolute atomic E-state index is 6.36. The molecule has 21 heavy (non-hydrogen) atoms. The van der Waals surface area contributed by atoms with E-state index in [2.05, 4.69) is 32.3 Å². The van der Waals surface area contributed by atoms with Gasteiger partial charge in [-0.05, 0) is 39.7 Å². The lowest BCUT2D eigenvalue weighted by molar-refractivity contribution is 0.199. The lowest BCUT2D eigenvalue weighted by atomic mass is 10.2. The third kappa shape index (κ3) is 4.97. The summed E-state index contributed by atoms with van der Waals surface area (Å²) in [6, 6.07) is 9.81. The zero-order valence-corrected chi connectivity index (χ0v) is 14.8. The fourth-order valence-electron chi connectivity index (χ4n) is 1.75. The van der Waals surface area contributed by atoms with E-state index in [0.717, 1.165) is 38.1 Å². The number of pyridine rings is 1. The Hall–Kier alpha value is -0.590. The number of halogens is 2. The van der Waals surface area contributed by atoms with E-state index < -0.39 is 0 Å². The Kier molecular flexibility index (Phi) is 6.99. The minimum atomic E-state index is 0.689. The van der Waals surface area contributed by atoms with Crippen LogP contribution >= 0.6 is 39.3 Å². The summed E-state index contributed by atoms with van der Waals surface area (Å²) in [6.45, 7) is 2.24. The maximum atomic E-state index is 6.36. The van der Waals surface area contributed by atoms with Crippen molar-refractivity contribution in [3.05, 3.63) is 51.6 Å². The van der Waals surface area contributed by atoms with Crippen LogP contribution in [0.25, 0.3) is 0 Å². The van der Waals surface area contributed by atoms with Gasteiger partial charge in [-0.15, -0.1) is 0 Å². The summed E-state index contributed by atoms with van der Waals surface area (Å²) in [7, 11) is 1.70. The van der Waals surface area contributed by atoms with Crippen molar-refractivity contribution in [2.24, 2.45) is 0 Å². The molecule has 1 heterocycles. The molecule has 6 heteroatoms. The van der Waals surface area contributed by atoms with Crippen LogP contribution in [0, 0.1) is 0 Å². The molecule has 0 radical (unpaired) electrons. The molecule has 2 aromatic rings. The second-order valence-corrected chi connectivity index (χ2v) is 6.55. The van der Waals surface area contributed by atoms with E-state index in [1.165, 1.54) is 0 Å². The maximum Gasteiger partial charge on any atom is 0.115 e. The van der Waals surface area contributed by atoms with Crippen molar-refractivity contribution < 1.29 is 4.74 Å². The van der Waals surface area contributed by atoms with Crippen LogP contribution in [0.15, 0.2) is 50.9 Å². The molecule has 1 aromatic carbocycles. The molecule has 0 fully saturated rings. The Morgan fingerprint density at radius 2 is 2.19 bits per heavy atom. The highest BCUT2D eigenvalue weighted by Crippen LogP contribution is 2.37. The van der Waals surface area contributed by atoms with Gasteiger partial charge in [-0.3, -0.25) is 0 Å². The molecule has 0 unspecified atom stereocenters. The smallest absolute Gasteiger partial charge is 0.115 e. The van der Waals surface area contributed by atoms with Gasteiger partial charge < -0.3 is 10.1 Å². The molecule has 1 N–H and O–H groups in total. The minimum absolute atomic E-state index is 0.689. The molecular formula is C15H16BrClN2OS. The Balaban J connectivity index is 2.16. The average Bonchev–Trinajstić information content (AvgIpc) is 2.49. The number of hydrogen-bond donors (Lipinski definition) is 1. The van der Waals surface area contributed by atoms with Crippen LogP contribution in [-0.4, -0.2) is 25.2 Å². The summed E-state index contributed by atoms with van der Waals surface area (Å²) in [6.07, 6.45) is 1.78. The molecule has 0 aliphatic rings. The summed E-state index contributed by atoms with van der Waals surface area (Å²) >= 11 is 11.4. The van der Waals surface area contributed by atoms with Gasteiger partial charge in [0.25, 0.3) is 0 Å². The van der Waals surface area contributed by atoms with E-state index in [0.29, 0.717) is 6.61 Å². The first-order chi connectivity index (χ1) is 10.2. The molecule has 0 aliphatic carbocycles. The molecule has 1 aromatic heterocycles. The minimum Gasteiger partial charge on any atom is -0.383 e. The number of nitrogens with zero attached hydrogens (tertiary/aromatic N) is 1. The largest absolute Gasteiger partial charge is 0.383 e. The quantitative estimate of drug-likeness (QED) is 0.715. The van der Waals surface area contributed by atoms with Gasteiger partial charge in [0.15, 0.2) is 0 Å². The average molecular weight is 388 g/mol. The van der Waals surface area contributed by atoms with Gasteiger partial charge >= 0.3 is 0 Å². The monoisotopic (exact) mass is 386 g/mol. The summed E-state index contributed by atoms with van der Waals surface area (Å²) in [4.78, 5) is 5.41. The molecule has 3 nitrogen and oxygen atoms in total. The summed E-state index contributed by atoms with van der Waals surface area (Å²) < 4.78 is 6.00. The third-order valence-corrected chi connectivity index (χ3v) is 5.30. The van der Waals surface area contributed by atoms with Gasteiger partial charge in [-0.1, -0.05) is 35.5 Å². The van der Waals surface area contributed by atoms with Crippen LogP contribution in [-0.2, 0) is 11.3 Å². The lowest BCUT2D eigenvalue weighted by Crippen LogP contribution is -2.18. The van der Waals surface area contributed by atoms with Crippen LogP contribution < -0.4 is 5.32 Å². The number of aromatic nitrogens is 1.